The zero-order chi connectivity index (χ0) is 20.5. The van der Waals surface area contributed by atoms with E-state index >= 15 is 0 Å². The number of carbonyl (C=O) groups excluding carboxylic acids is 2. The highest BCUT2D eigenvalue weighted by Gasteiger charge is 2.26. The Morgan fingerprint density at radius 2 is 1.90 bits per heavy atom. The minimum Gasteiger partial charge on any atom is -0.322 e. The number of nitrogens with one attached hydrogen (secondary N) is 1. The Morgan fingerprint density at radius 3 is 2.66 bits per heavy atom. The fraction of sp³-hybridized carbons (Fsp3) is 0.0909. The fourth-order valence-electron chi connectivity index (χ4n) is 3.16. The molecule has 4 nitrogen and oxygen atoms in total. The molecule has 4 rings (SSSR count). The van der Waals surface area contributed by atoms with Crippen molar-refractivity contribution in [3.63, 3.8) is 0 Å². The SMILES string of the molecule is CCN1C(=O)c2ccccc2Sc2cc(NC(=O)c3ccc(F)c(Cl)c3)ccc21. The van der Waals surface area contributed by atoms with Gasteiger partial charge in [0.1, 0.15) is 5.82 Å². The van der Waals surface area contributed by atoms with Gasteiger partial charge in [0, 0.05) is 27.6 Å². The number of rotatable bonds is 3. The molecule has 146 valence electrons. The number of amides is 2. The van der Waals surface area contributed by atoms with Gasteiger partial charge in [0.2, 0.25) is 0 Å². The maximum absolute atomic E-state index is 13.3. The van der Waals surface area contributed by atoms with Crippen molar-refractivity contribution in [1.29, 1.82) is 0 Å². The zero-order valence-electron chi connectivity index (χ0n) is 15.4. The molecule has 1 aliphatic heterocycles. The molecular formula is C22H16ClFN2O2S. The molecule has 0 aromatic heterocycles. The molecule has 2 amide bonds. The molecule has 0 spiro atoms. The molecule has 29 heavy (non-hydrogen) atoms. The van der Waals surface area contributed by atoms with Crippen molar-refractivity contribution >= 4 is 46.6 Å². The van der Waals surface area contributed by atoms with E-state index in [1.54, 1.807) is 11.0 Å². The zero-order valence-corrected chi connectivity index (χ0v) is 17.0. The van der Waals surface area contributed by atoms with Crippen LogP contribution in [-0.2, 0) is 0 Å². The van der Waals surface area contributed by atoms with Crippen LogP contribution in [0.4, 0.5) is 15.8 Å². The molecule has 0 bridgehead atoms. The van der Waals surface area contributed by atoms with Gasteiger partial charge >= 0.3 is 0 Å². The Labute approximate surface area is 176 Å². The Hall–Kier alpha value is -2.83. The number of hydrogen-bond donors (Lipinski definition) is 1. The van der Waals surface area contributed by atoms with Gasteiger partial charge in [-0.15, -0.1) is 0 Å². The standard InChI is InChI=1S/C22H16ClFN2O2S/c1-2-26-18-10-8-14(25-21(27)13-7-9-17(24)16(23)11-13)12-20(18)29-19-6-4-3-5-15(19)22(26)28/h3-12H,2H2,1H3,(H,25,27). The topological polar surface area (TPSA) is 49.4 Å². The molecule has 7 heteroatoms. The van der Waals surface area contributed by atoms with Crippen molar-refractivity contribution < 1.29 is 14.0 Å². The van der Waals surface area contributed by atoms with Crippen LogP contribution >= 0.6 is 23.4 Å². The van der Waals surface area contributed by atoms with Crippen molar-refractivity contribution in [2.24, 2.45) is 0 Å². The Bertz CT molecular complexity index is 1140. The minimum absolute atomic E-state index is 0.0490. The van der Waals surface area contributed by atoms with E-state index in [1.165, 1.54) is 23.9 Å². The second kappa shape index (κ2) is 7.89. The first kappa shape index (κ1) is 19.5. The number of nitrogens with zero attached hydrogens (tertiary/aromatic N) is 1. The van der Waals surface area contributed by atoms with Gasteiger partial charge in [-0.1, -0.05) is 35.5 Å². The molecule has 1 aliphatic rings. The molecule has 0 unspecified atom stereocenters. The maximum atomic E-state index is 13.3. The van der Waals surface area contributed by atoms with Crippen molar-refractivity contribution in [2.45, 2.75) is 16.7 Å². The van der Waals surface area contributed by atoms with Crippen molar-refractivity contribution in [2.75, 3.05) is 16.8 Å². The summed E-state index contributed by atoms with van der Waals surface area (Å²) in [6.45, 7) is 2.45. The first-order chi connectivity index (χ1) is 14.0. The van der Waals surface area contributed by atoms with E-state index in [0.717, 1.165) is 21.5 Å². The molecule has 3 aromatic carbocycles. The highest BCUT2D eigenvalue weighted by atomic mass is 35.5. The van der Waals surface area contributed by atoms with Gasteiger partial charge in [-0.2, -0.15) is 0 Å². The van der Waals surface area contributed by atoms with E-state index in [9.17, 15) is 14.0 Å². The number of hydrogen-bond acceptors (Lipinski definition) is 3. The number of fused-ring (bicyclic) bond motifs is 2. The summed E-state index contributed by atoms with van der Waals surface area (Å²) in [5.41, 5.74) is 2.28. The smallest absolute Gasteiger partial charge is 0.259 e. The van der Waals surface area contributed by atoms with Crippen LogP contribution in [0.1, 0.15) is 27.6 Å². The monoisotopic (exact) mass is 426 g/mol. The molecule has 0 aliphatic carbocycles. The van der Waals surface area contributed by atoms with Crippen LogP contribution in [-0.4, -0.2) is 18.4 Å². The van der Waals surface area contributed by atoms with Crippen LogP contribution in [0.5, 0.6) is 0 Å². The number of benzene rings is 3. The molecule has 0 saturated carbocycles. The average Bonchev–Trinajstić information content (AvgIpc) is 2.83. The molecule has 0 fully saturated rings. The quantitative estimate of drug-likeness (QED) is 0.570. The molecule has 1 N–H and O–H groups in total. The lowest BCUT2D eigenvalue weighted by molar-refractivity contribution is 0.0983. The van der Waals surface area contributed by atoms with Crippen LogP contribution in [0.3, 0.4) is 0 Å². The second-order valence-electron chi connectivity index (χ2n) is 6.41. The van der Waals surface area contributed by atoms with Gasteiger partial charge in [0.05, 0.1) is 16.3 Å². The minimum atomic E-state index is -0.576. The lowest BCUT2D eigenvalue weighted by atomic mass is 10.1. The predicted molar refractivity (Wildman–Crippen MR) is 114 cm³/mol. The maximum Gasteiger partial charge on any atom is 0.259 e. The second-order valence-corrected chi connectivity index (χ2v) is 7.90. The Morgan fingerprint density at radius 1 is 1.10 bits per heavy atom. The Balaban J connectivity index is 1.68. The van der Waals surface area contributed by atoms with E-state index in [-0.39, 0.29) is 16.5 Å². The third-order valence-electron chi connectivity index (χ3n) is 4.59. The molecule has 1 heterocycles. The third-order valence-corrected chi connectivity index (χ3v) is 6.00. The van der Waals surface area contributed by atoms with E-state index in [4.69, 9.17) is 11.6 Å². The summed E-state index contributed by atoms with van der Waals surface area (Å²) in [7, 11) is 0. The molecule has 0 saturated heterocycles. The van der Waals surface area contributed by atoms with Gasteiger partial charge in [-0.25, -0.2) is 4.39 Å². The van der Waals surface area contributed by atoms with Gasteiger partial charge in [0.25, 0.3) is 11.8 Å². The summed E-state index contributed by atoms with van der Waals surface area (Å²) in [4.78, 5) is 28.9. The summed E-state index contributed by atoms with van der Waals surface area (Å²) in [5.74, 6) is -1.02. The molecule has 0 radical (unpaired) electrons. The van der Waals surface area contributed by atoms with E-state index in [0.29, 0.717) is 17.8 Å². The normalized spacial score (nSPS) is 12.8. The lowest BCUT2D eigenvalue weighted by Crippen LogP contribution is -2.30. The van der Waals surface area contributed by atoms with E-state index in [1.807, 2.05) is 43.3 Å². The predicted octanol–water partition coefficient (Wildman–Crippen LogP) is 5.86. The van der Waals surface area contributed by atoms with Crippen molar-refractivity contribution in [3.8, 4) is 0 Å². The van der Waals surface area contributed by atoms with Crippen LogP contribution < -0.4 is 10.2 Å². The Kier molecular flexibility index (Phi) is 5.30. The van der Waals surface area contributed by atoms with Gasteiger partial charge < -0.3 is 10.2 Å². The summed E-state index contributed by atoms with van der Waals surface area (Å²) in [5, 5.41) is 2.70. The number of anilines is 2. The summed E-state index contributed by atoms with van der Waals surface area (Å²) < 4.78 is 13.3. The summed E-state index contributed by atoms with van der Waals surface area (Å²) in [6.07, 6.45) is 0. The summed E-state index contributed by atoms with van der Waals surface area (Å²) in [6, 6.07) is 16.7. The summed E-state index contributed by atoms with van der Waals surface area (Å²) >= 11 is 7.25. The van der Waals surface area contributed by atoms with Crippen LogP contribution in [0.25, 0.3) is 0 Å². The van der Waals surface area contributed by atoms with Gasteiger partial charge in [-0.05, 0) is 55.5 Å². The lowest BCUT2D eigenvalue weighted by Gasteiger charge is -2.21. The first-order valence-corrected chi connectivity index (χ1v) is 10.2. The van der Waals surface area contributed by atoms with Crippen LogP contribution in [0, 0.1) is 5.82 Å². The van der Waals surface area contributed by atoms with E-state index in [2.05, 4.69) is 5.32 Å². The molecule has 0 atom stereocenters. The van der Waals surface area contributed by atoms with Gasteiger partial charge in [0.15, 0.2) is 0 Å². The highest BCUT2D eigenvalue weighted by molar-refractivity contribution is 7.99. The van der Waals surface area contributed by atoms with Gasteiger partial charge in [-0.3, -0.25) is 9.59 Å². The number of carbonyl (C=O) groups is 2. The van der Waals surface area contributed by atoms with Crippen LogP contribution in [0.15, 0.2) is 70.5 Å². The first-order valence-electron chi connectivity index (χ1n) is 8.97. The molecular weight excluding hydrogens is 411 g/mol. The highest BCUT2D eigenvalue weighted by Crippen LogP contribution is 2.42. The average molecular weight is 427 g/mol. The van der Waals surface area contributed by atoms with Crippen molar-refractivity contribution in [3.05, 3.63) is 82.6 Å². The van der Waals surface area contributed by atoms with E-state index < -0.39 is 11.7 Å². The molecule has 3 aromatic rings. The van der Waals surface area contributed by atoms with Crippen molar-refractivity contribution in [1.82, 2.24) is 0 Å². The van der Waals surface area contributed by atoms with Crippen LogP contribution in [0.2, 0.25) is 5.02 Å². The third kappa shape index (κ3) is 3.73. The largest absolute Gasteiger partial charge is 0.322 e. The number of halogens is 2. The fourth-order valence-corrected chi connectivity index (χ4v) is 4.45.